The molecule has 1 aliphatic heterocycles. The highest BCUT2D eigenvalue weighted by molar-refractivity contribution is 5.86. The molecule has 0 radical (unpaired) electrons. The summed E-state index contributed by atoms with van der Waals surface area (Å²) >= 11 is 0. The minimum Gasteiger partial charge on any atom is -0.356 e. The van der Waals surface area contributed by atoms with Crippen LogP contribution < -0.4 is 15.5 Å². The first-order valence-corrected chi connectivity index (χ1v) is 6.91. The molecule has 1 saturated heterocycles. The summed E-state index contributed by atoms with van der Waals surface area (Å²) in [6.07, 6.45) is 0.972. The molecule has 0 aromatic heterocycles. The zero-order valence-electron chi connectivity index (χ0n) is 11.9. The number of benzene rings is 1. The van der Waals surface area contributed by atoms with Gasteiger partial charge < -0.3 is 15.5 Å². The molecule has 0 bridgehead atoms. The van der Waals surface area contributed by atoms with E-state index in [-0.39, 0.29) is 11.9 Å². The van der Waals surface area contributed by atoms with Crippen molar-refractivity contribution in [3.8, 4) is 0 Å². The number of hydrogen-bond acceptors (Lipinski definition) is 3. The van der Waals surface area contributed by atoms with E-state index < -0.39 is 0 Å². The van der Waals surface area contributed by atoms with Crippen LogP contribution in [0.4, 0.5) is 5.69 Å². The van der Waals surface area contributed by atoms with Crippen molar-refractivity contribution in [1.29, 1.82) is 0 Å². The Hall–Kier alpha value is -1.55. The summed E-state index contributed by atoms with van der Waals surface area (Å²) in [7, 11) is 1.89. The number of carbonyl (C=O) groups excluding carboxylic acids is 1. The largest absolute Gasteiger partial charge is 0.356 e. The third-order valence-electron chi connectivity index (χ3n) is 3.67. The van der Waals surface area contributed by atoms with E-state index in [1.54, 1.807) is 0 Å². The molecule has 0 spiro atoms. The molecule has 1 amide bonds. The zero-order valence-corrected chi connectivity index (χ0v) is 11.9. The Balaban J connectivity index is 2.37. The third kappa shape index (κ3) is 3.07. The van der Waals surface area contributed by atoms with Gasteiger partial charge in [-0.2, -0.15) is 0 Å². The quantitative estimate of drug-likeness (QED) is 0.862. The lowest BCUT2D eigenvalue weighted by Gasteiger charge is -2.35. The fraction of sp³-hybridized carbons (Fsp3) is 0.533. The maximum Gasteiger partial charge on any atom is 0.244 e. The first-order valence-electron chi connectivity index (χ1n) is 6.91. The number of carbonyl (C=O) groups is 1. The van der Waals surface area contributed by atoms with Gasteiger partial charge in [-0.1, -0.05) is 12.1 Å². The number of hydrogen-bond donors (Lipinski definition) is 2. The highest BCUT2D eigenvalue weighted by Gasteiger charge is 2.31. The highest BCUT2D eigenvalue weighted by Crippen LogP contribution is 2.24. The minimum absolute atomic E-state index is 0.111. The lowest BCUT2D eigenvalue weighted by atomic mass is 10.1. The van der Waals surface area contributed by atoms with Crippen molar-refractivity contribution in [2.75, 3.05) is 25.0 Å². The van der Waals surface area contributed by atoms with E-state index in [0.717, 1.165) is 18.7 Å². The molecule has 2 N–H and O–H groups in total. The number of nitrogens with one attached hydrogen (secondary N) is 2. The Morgan fingerprint density at radius 3 is 2.95 bits per heavy atom. The summed E-state index contributed by atoms with van der Waals surface area (Å²) in [6, 6.07) is 8.57. The molecule has 1 aromatic carbocycles. The first kappa shape index (κ1) is 13.9. The molecular formula is C15H23N3O. The van der Waals surface area contributed by atoms with E-state index in [9.17, 15) is 4.79 Å². The van der Waals surface area contributed by atoms with Gasteiger partial charge in [0.25, 0.3) is 0 Å². The van der Waals surface area contributed by atoms with Crippen molar-refractivity contribution in [2.24, 2.45) is 0 Å². The van der Waals surface area contributed by atoms with Crippen LogP contribution >= 0.6 is 0 Å². The van der Waals surface area contributed by atoms with Crippen molar-refractivity contribution >= 4 is 11.6 Å². The summed E-state index contributed by atoms with van der Waals surface area (Å²) in [6.45, 7) is 5.68. The third-order valence-corrected chi connectivity index (χ3v) is 3.67. The van der Waals surface area contributed by atoms with Gasteiger partial charge in [-0.05, 0) is 45.0 Å². The number of aryl methyl sites for hydroxylation is 1. The van der Waals surface area contributed by atoms with Gasteiger partial charge in [0.2, 0.25) is 5.91 Å². The maximum absolute atomic E-state index is 12.2. The molecule has 2 unspecified atom stereocenters. The van der Waals surface area contributed by atoms with Crippen molar-refractivity contribution in [3.63, 3.8) is 0 Å². The van der Waals surface area contributed by atoms with Gasteiger partial charge in [-0.15, -0.1) is 0 Å². The Bertz CT molecular complexity index is 447. The molecule has 104 valence electrons. The van der Waals surface area contributed by atoms with E-state index in [1.165, 1.54) is 5.56 Å². The molecule has 2 atom stereocenters. The van der Waals surface area contributed by atoms with Gasteiger partial charge in [0.05, 0.1) is 0 Å². The van der Waals surface area contributed by atoms with Crippen LogP contribution in [-0.2, 0) is 4.79 Å². The van der Waals surface area contributed by atoms with E-state index >= 15 is 0 Å². The van der Waals surface area contributed by atoms with Gasteiger partial charge in [-0.3, -0.25) is 4.79 Å². The molecule has 2 rings (SSSR count). The van der Waals surface area contributed by atoms with Crippen LogP contribution in [0.1, 0.15) is 18.9 Å². The Morgan fingerprint density at radius 1 is 1.47 bits per heavy atom. The van der Waals surface area contributed by atoms with Crippen LogP contribution in [0, 0.1) is 6.92 Å². The van der Waals surface area contributed by atoms with Crippen LogP contribution in [0.15, 0.2) is 24.3 Å². The monoisotopic (exact) mass is 261 g/mol. The van der Waals surface area contributed by atoms with E-state index in [2.05, 4.69) is 53.6 Å². The summed E-state index contributed by atoms with van der Waals surface area (Å²) in [4.78, 5) is 14.5. The van der Waals surface area contributed by atoms with Crippen LogP contribution in [0.5, 0.6) is 0 Å². The molecule has 4 nitrogen and oxygen atoms in total. The molecule has 1 aromatic rings. The molecule has 0 aliphatic carbocycles. The van der Waals surface area contributed by atoms with E-state index in [4.69, 9.17) is 0 Å². The van der Waals surface area contributed by atoms with Crippen LogP contribution in [0.25, 0.3) is 0 Å². The summed E-state index contributed by atoms with van der Waals surface area (Å²) in [5.41, 5.74) is 2.35. The predicted octanol–water partition coefficient (Wildman–Crippen LogP) is 1.30. The zero-order chi connectivity index (χ0) is 13.8. The van der Waals surface area contributed by atoms with Crippen molar-refractivity contribution in [3.05, 3.63) is 29.8 Å². The average Bonchev–Trinajstić information content (AvgIpc) is 2.50. The summed E-state index contributed by atoms with van der Waals surface area (Å²) in [5, 5.41) is 6.13. The Kier molecular flexibility index (Phi) is 4.43. The smallest absolute Gasteiger partial charge is 0.244 e. The first-order chi connectivity index (χ1) is 9.13. The SMILES string of the molecule is CNCC1C(=O)NCCC(C)N1c1cccc(C)c1. The Morgan fingerprint density at radius 2 is 2.26 bits per heavy atom. The van der Waals surface area contributed by atoms with Crippen LogP contribution in [0.2, 0.25) is 0 Å². The molecule has 0 saturated carbocycles. The van der Waals surface area contributed by atoms with Gasteiger partial charge in [0.1, 0.15) is 6.04 Å². The number of amides is 1. The van der Waals surface area contributed by atoms with Gasteiger partial charge in [0, 0.05) is 24.8 Å². The number of nitrogens with zero attached hydrogens (tertiary/aromatic N) is 1. The summed E-state index contributed by atoms with van der Waals surface area (Å²) in [5.74, 6) is 0.111. The van der Waals surface area contributed by atoms with Crippen molar-refractivity contribution in [1.82, 2.24) is 10.6 Å². The molecule has 19 heavy (non-hydrogen) atoms. The molecule has 1 aliphatic rings. The average molecular weight is 261 g/mol. The van der Waals surface area contributed by atoms with E-state index in [0.29, 0.717) is 12.6 Å². The molecular weight excluding hydrogens is 238 g/mol. The molecule has 4 heteroatoms. The fourth-order valence-corrected chi connectivity index (χ4v) is 2.70. The second-order valence-corrected chi connectivity index (χ2v) is 5.25. The highest BCUT2D eigenvalue weighted by atomic mass is 16.2. The van der Waals surface area contributed by atoms with E-state index in [1.807, 2.05) is 7.05 Å². The predicted molar refractivity (Wildman–Crippen MR) is 78.5 cm³/mol. The fourth-order valence-electron chi connectivity index (χ4n) is 2.70. The molecule has 1 fully saturated rings. The van der Waals surface area contributed by atoms with Gasteiger partial charge >= 0.3 is 0 Å². The number of likely N-dealkylation sites (N-methyl/N-ethyl adjacent to an activating group) is 1. The van der Waals surface area contributed by atoms with Crippen LogP contribution in [0.3, 0.4) is 0 Å². The van der Waals surface area contributed by atoms with Gasteiger partial charge in [-0.25, -0.2) is 0 Å². The van der Waals surface area contributed by atoms with Gasteiger partial charge in [0.15, 0.2) is 0 Å². The lowest BCUT2D eigenvalue weighted by Crippen LogP contribution is -2.52. The standard InChI is InChI=1S/C15H23N3O/c1-11-5-4-6-13(9-11)18-12(2)7-8-17-15(19)14(18)10-16-3/h4-6,9,12,14,16H,7-8,10H2,1-3H3,(H,17,19). The Labute approximate surface area is 115 Å². The number of anilines is 1. The lowest BCUT2D eigenvalue weighted by molar-refractivity contribution is -0.121. The summed E-state index contributed by atoms with van der Waals surface area (Å²) < 4.78 is 0. The second-order valence-electron chi connectivity index (χ2n) is 5.25. The second kappa shape index (κ2) is 6.06. The topological polar surface area (TPSA) is 44.4 Å². The molecule has 1 heterocycles. The maximum atomic E-state index is 12.2. The van der Waals surface area contributed by atoms with Crippen molar-refractivity contribution < 1.29 is 4.79 Å². The normalized spacial score (nSPS) is 23.9. The van der Waals surface area contributed by atoms with Crippen molar-refractivity contribution in [2.45, 2.75) is 32.4 Å². The van der Waals surface area contributed by atoms with Crippen LogP contribution in [-0.4, -0.2) is 38.1 Å². The number of rotatable bonds is 3. The minimum atomic E-state index is -0.149.